The number of hydrogen-bond donors (Lipinski definition) is 0. The molecule has 0 aliphatic carbocycles. The molecule has 11 heavy (non-hydrogen) atoms. The third-order valence-electron chi connectivity index (χ3n) is 1.30. The molecule has 5 heteroatoms. The van der Waals surface area contributed by atoms with Gasteiger partial charge in [0.25, 0.3) is 0 Å². The Kier molecular flexibility index (Phi) is 1.95. The van der Waals surface area contributed by atoms with Crippen LogP contribution in [0.2, 0.25) is 0 Å². The zero-order chi connectivity index (χ0) is 7.84. The largest absolute Gasteiger partial charge is 0.173 e. The van der Waals surface area contributed by atoms with Crippen LogP contribution in [0.15, 0.2) is 21.1 Å². The van der Waals surface area contributed by atoms with Gasteiger partial charge >= 0.3 is 0 Å². The molecule has 0 aliphatic heterocycles. The number of aromatic nitrogens is 2. The molecule has 2 aromatic rings. The Hall–Kier alpha value is -0.000000000000000111. The summed E-state index contributed by atoms with van der Waals surface area (Å²) in [4.78, 5) is 0. The fourth-order valence-electron chi connectivity index (χ4n) is 0.780. The van der Waals surface area contributed by atoms with E-state index in [9.17, 15) is 0 Å². The fraction of sp³-hybridized carbons (Fsp3) is 0. The summed E-state index contributed by atoms with van der Waals surface area (Å²) in [6.45, 7) is 0. The summed E-state index contributed by atoms with van der Waals surface area (Å²) in [6, 6.07) is 3.89. The molecule has 0 unspecified atom stereocenters. The van der Waals surface area contributed by atoms with Crippen molar-refractivity contribution < 1.29 is 0 Å². The average Bonchev–Trinajstić information content (AvgIpc) is 2.36. The number of rotatable bonds is 0. The number of hydrogen-bond acceptors (Lipinski definition) is 3. The minimum atomic E-state index is 0.935. The molecule has 0 bridgehead atoms. The zero-order valence-electron chi connectivity index (χ0n) is 5.21. The Morgan fingerprint density at radius 1 is 1.00 bits per heavy atom. The van der Waals surface area contributed by atoms with Gasteiger partial charge in [-0.25, -0.2) is 0 Å². The zero-order valence-corrected chi connectivity index (χ0v) is 9.20. The minimum Gasteiger partial charge on any atom is -0.173 e. The number of fused-ring (bicyclic) bond motifs is 1. The van der Waals surface area contributed by atoms with E-state index in [4.69, 9.17) is 0 Å². The first-order valence-electron chi connectivity index (χ1n) is 2.85. The van der Waals surface area contributed by atoms with E-state index in [2.05, 4.69) is 40.6 Å². The van der Waals surface area contributed by atoms with Crippen LogP contribution in [0.5, 0.6) is 0 Å². The summed E-state index contributed by atoms with van der Waals surface area (Å²) in [6.07, 6.45) is 0. The Morgan fingerprint density at radius 2 is 1.45 bits per heavy atom. The molecular formula is C6H2Br2N2S. The fourth-order valence-corrected chi connectivity index (χ4v) is 1.95. The monoisotopic (exact) mass is 292 g/mol. The van der Waals surface area contributed by atoms with E-state index in [0.717, 1.165) is 20.0 Å². The molecule has 2 nitrogen and oxygen atoms in total. The molecule has 0 spiro atoms. The standard InChI is InChI=1S/C6H2Br2N2S/c7-3-1-5-6(2-4(3)8)10-11-9-5/h1-2H. The second-order valence-corrected chi connectivity index (χ2v) is 4.26. The van der Waals surface area contributed by atoms with Crippen molar-refractivity contribution in [1.29, 1.82) is 0 Å². The Labute approximate surface area is 84.2 Å². The molecule has 0 N–H and O–H groups in total. The molecule has 2 rings (SSSR count). The van der Waals surface area contributed by atoms with Crippen molar-refractivity contribution in [3.8, 4) is 0 Å². The van der Waals surface area contributed by atoms with Crippen LogP contribution in [0.4, 0.5) is 0 Å². The van der Waals surface area contributed by atoms with Crippen molar-refractivity contribution in [2.24, 2.45) is 0 Å². The van der Waals surface area contributed by atoms with Crippen LogP contribution >= 0.6 is 43.6 Å². The summed E-state index contributed by atoms with van der Waals surface area (Å²) >= 11 is 8.01. The second kappa shape index (κ2) is 2.80. The highest BCUT2D eigenvalue weighted by molar-refractivity contribution is 9.13. The maximum Gasteiger partial charge on any atom is 0.105 e. The normalized spacial score (nSPS) is 10.7. The predicted octanol–water partition coefficient (Wildman–Crippen LogP) is 3.22. The van der Waals surface area contributed by atoms with E-state index in [1.165, 1.54) is 11.7 Å². The number of benzene rings is 1. The third-order valence-corrected chi connectivity index (χ3v) is 3.70. The Bertz CT molecular complexity index is 362. The predicted molar refractivity (Wildman–Crippen MR) is 52.8 cm³/mol. The van der Waals surface area contributed by atoms with Gasteiger partial charge in [-0.05, 0) is 44.0 Å². The number of halogens is 2. The lowest BCUT2D eigenvalue weighted by molar-refractivity contribution is 1.58. The highest BCUT2D eigenvalue weighted by Gasteiger charge is 2.02. The maximum atomic E-state index is 4.10. The van der Waals surface area contributed by atoms with E-state index in [1.54, 1.807) is 0 Å². The van der Waals surface area contributed by atoms with E-state index in [1.807, 2.05) is 12.1 Å². The average molecular weight is 294 g/mol. The summed E-state index contributed by atoms with van der Waals surface area (Å²) in [7, 11) is 0. The lowest BCUT2D eigenvalue weighted by Crippen LogP contribution is -1.71. The van der Waals surface area contributed by atoms with Crippen LogP contribution in [-0.4, -0.2) is 8.75 Å². The van der Waals surface area contributed by atoms with Crippen LogP contribution in [0.25, 0.3) is 11.0 Å². The highest BCUT2D eigenvalue weighted by Crippen LogP contribution is 2.27. The lowest BCUT2D eigenvalue weighted by atomic mass is 10.3. The van der Waals surface area contributed by atoms with Gasteiger partial charge in [0.2, 0.25) is 0 Å². The topological polar surface area (TPSA) is 25.8 Å². The van der Waals surface area contributed by atoms with Crippen molar-refractivity contribution in [3.05, 3.63) is 21.1 Å². The molecule has 1 heterocycles. The van der Waals surface area contributed by atoms with Crippen LogP contribution in [0, 0.1) is 0 Å². The van der Waals surface area contributed by atoms with Gasteiger partial charge in [0.1, 0.15) is 11.0 Å². The first-order valence-corrected chi connectivity index (χ1v) is 5.16. The summed E-state index contributed by atoms with van der Waals surface area (Å²) in [5, 5.41) is 0. The van der Waals surface area contributed by atoms with Crippen LogP contribution in [0.1, 0.15) is 0 Å². The van der Waals surface area contributed by atoms with Crippen molar-refractivity contribution in [3.63, 3.8) is 0 Å². The van der Waals surface area contributed by atoms with Crippen LogP contribution in [-0.2, 0) is 0 Å². The van der Waals surface area contributed by atoms with Gasteiger partial charge < -0.3 is 0 Å². The van der Waals surface area contributed by atoms with Gasteiger partial charge in [0.05, 0.1) is 11.7 Å². The molecule has 0 radical (unpaired) electrons. The Morgan fingerprint density at radius 3 is 1.91 bits per heavy atom. The molecule has 0 saturated carbocycles. The molecule has 0 amide bonds. The second-order valence-electron chi connectivity index (χ2n) is 2.02. The molecule has 0 aliphatic rings. The van der Waals surface area contributed by atoms with E-state index < -0.39 is 0 Å². The van der Waals surface area contributed by atoms with Gasteiger partial charge in [0, 0.05) is 8.95 Å². The molecule has 0 fully saturated rings. The molecule has 0 atom stereocenters. The van der Waals surface area contributed by atoms with Gasteiger partial charge in [-0.3, -0.25) is 0 Å². The van der Waals surface area contributed by atoms with Gasteiger partial charge in [0.15, 0.2) is 0 Å². The first-order chi connectivity index (χ1) is 5.27. The van der Waals surface area contributed by atoms with Crippen LogP contribution < -0.4 is 0 Å². The van der Waals surface area contributed by atoms with Crippen molar-refractivity contribution >= 4 is 54.6 Å². The SMILES string of the molecule is Brc1cc2nsnc2cc1Br. The van der Waals surface area contributed by atoms with E-state index in [-0.39, 0.29) is 0 Å². The summed E-state index contributed by atoms with van der Waals surface area (Å²) in [5.74, 6) is 0. The highest BCUT2D eigenvalue weighted by atomic mass is 79.9. The number of nitrogens with zero attached hydrogens (tertiary/aromatic N) is 2. The third kappa shape index (κ3) is 1.32. The van der Waals surface area contributed by atoms with Gasteiger partial charge in [-0.15, -0.1) is 0 Å². The van der Waals surface area contributed by atoms with E-state index in [0.29, 0.717) is 0 Å². The Balaban J connectivity index is 2.86. The summed E-state index contributed by atoms with van der Waals surface area (Å²) < 4.78 is 10.2. The van der Waals surface area contributed by atoms with Gasteiger partial charge in [-0.2, -0.15) is 8.75 Å². The van der Waals surface area contributed by atoms with Crippen molar-refractivity contribution in [1.82, 2.24) is 8.75 Å². The molecule has 0 saturated heterocycles. The van der Waals surface area contributed by atoms with E-state index >= 15 is 0 Å². The molecule has 56 valence electrons. The molecule has 1 aromatic carbocycles. The maximum absolute atomic E-state index is 4.10. The first kappa shape index (κ1) is 7.64. The lowest BCUT2D eigenvalue weighted by Gasteiger charge is -1.92. The van der Waals surface area contributed by atoms with Crippen LogP contribution in [0.3, 0.4) is 0 Å². The minimum absolute atomic E-state index is 0.935. The molecular weight excluding hydrogens is 292 g/mol. The van der Waals surface area contributed by atoms with Crippen molar-refractivity contribution in [2.45, 2.75) is 0 Å². The molecule has 1 aromatic heterocycles. The quantitative estimate of drug-likeness (QED) is 0.745. The smallest absolute Gasteiger partial charge is 0.105 e. The van der Waals surface area contributed by atoms with Crippen molar-refractivity contribution in [2.75, 3.05) is 0 Å². The summed E-state index contributed by atoms with van der Waals surface area (Å²) in [5.41, 5.74) is 1.87. The van der Waals surface area contributed by atoms with Gasteiger partial charge in [-0.1, -0.05) is 0 Å².